The van der Waals surface area contributed by atoms with Crippen LogP contribution in [-0.2, 0) is 13.2 Å². The Morgan fingerprint density at radius 3 is 2.75 bits per heavy atom. The summed E-state index contributed by atoms with van der Waals surface area (Å²) in [5, 5.41) is 8.00. The first kappa shape index (κ1) is 20.4. The molecule has 3 aromatic rings. The Morgan fingerprint density at radius 2 is 2.04 bits per heavy atom. The molecule has 0 unspecified atom stereocenters. The van der Waals surface area contributed by atoms with Crippen molar-refractivity contribution in [1.29, 1.82) is 0 Å². The summed E-state index contributed by atoms with van der Waals surface area (Å²) in [5.74, 6) is 0.644. The molecule has 5 nitrogen and oxygen atoms in total. The van der Waals surface area contributed by atoms with Gasteiger partial charge >= 0.3 is 0 Å². The van der Waals surface area contributed by atoms with Crippen LogP contribution in [0.15, 0.2) is 59.2 Å². The molecule has 0 atom stereocenters. The quantitative estimate of drug-likeness (QED) is 0.479. The van der Waals surface area contributed by atoms with Crippen LogP contribution in [0.4, 0.5) is 0 Å². The number of benzene rings is 2. The van der Waals surface area contributed by atoms with Crippen molar-refractivity contribution in [3.63, 3.8) is 0 Å². The summed E-state index contributed by atoms with van der Waals surface area (Å²) in [7, 11) is 0. The van der Waals surface area contributed by atoms with Crippen LogP contribution in [-0.4, -0.2) is 22.2 Å². The van der Waals surface area contributed by atoms with Crippen LogP contribution in [0.2, 0.25) is 5.02 Å². The van der Waals surface area contributed by atoms with Crippen LogP contribution < -0.4 is 10.1 Å². The van der Waals surface area contributed by atoms with Crippen LogP contribution >= 0.6 is 27.5 Å². The van der Waals surface area contributed by atoms with Gasteiger partial charge in [0.05, 0.1) is 10.2 Å². The Hall–Kier alpha value is -2.31. The zero-order valence-corrected chi connectivity index (χ0v) is 17.8. The van der Waals surface area contributed by atoms with Crippen LogP contribution in [0.5, 0.6) is 5.75 Å². The summed E-state index contributed by atoms with van der Waals surface area (Å²) in [5.41, 5.74) is 2.51. The smallest absolute Gasteiger partial charge is 0.251 e. The van der Waals surface area contributed by atoms with E-state index in [0.717, 1.165) is 34.4 Å². The van der Waals surface area contributed by atoms with Gasteiger partial charge in [-0.15, -0.1) is 0 Å². The molecule has 0 saturated carbocycles. The van der Waals surface area contributed by atoms with Crippen molar-refractivity contribution >= 4 is 33.4 Å². The maximum absolute atomic E-state index is 12.4. The summed E-state index contributed by atoms with van der Waals surface area (Å²) < 4.78 is 8.61. The molecule has 1 N–H and O–H groups in total. The molecular formula is C21H21BrClN3O2. The van der Waals surface area contributed by atoms with Gasteiger partial charge in [-0.05, 0) is 71.2 Å². The minimum absolute atomic E-state index is 0.0915. The fraction of sp³-hybridized carbons (Fsp3) is 0.238. The molecule has 0 radical (unpaired) electrons. The van der Waals surface area contributed by atoms with E-state index in [4.69, 9.17) is 16.3 Å². The van der Waals surface area contributed by atoms with Gasteiger partial charge in [0.2, 0.25) is 0 Å². The van der Waals surface area contributed by atoms with E-state index in [0.29, 0.717) is 23.7 Å². The van der Waals surface area contributed by atoms with E-state index in [9.17, 15) is 4.79 Å². The molecule has 0 fully saturated rings. The molecule has 1 aromatic heterocycles. The number of amides is 1. The Kier molecular flexibility index (Phi) is 7.12. The van der Waals surface area contributed by atoms with Gasteiger partial charge in [-0.1, -0.05) is 23.7 Å². The van der Waals surface area contributed by atoms with Crippen molar-refractivity contribution in [2.45, 2.75) is 26.5 Å². The highest BCUT2D eigenvalue weighted by Crippen LogP contribution is 2.17. The molecule has 0 spiro atoms. The van der Waals surface area contributed by atoms with Gasteiger partial charge in [0.15, 0.2) is 0 Å². The second-order valence-electron chi connectivity index (χ2n) is 6.38. The van der Waals surface area contributed by atoms with E-state index in [-0.39, 0.29) is 5.91 Å². The lowest BCUT2D eigenvalue weighted by molar-refractivity contribution is 0.0952. The number of hydrogen-bond acceptors (Lipinski definition) is 3. The molecule has 3 rings (SSSR count). The maximum atomic E-state index is 12.4. The highest BCUT2D eigenvalue weighted by atomic mass is 79.9. The topological polar surface area (TPSA) is 56.2 Å². The zero-order chi connectivity index (χ0) is 19.9. The molecule has 146 valence electrons. The van der Waals surface area contributed by atoms with Gasteiger partial charge in [0, 0.05) is 29.9 Å². The van der Waals surface area contributed by atoms with Crippen LogP contribution in [0, 0.1) is 6.92 Å². The number of ether oxygens (including phenoxy) is 1. The third-order valence-corrected chi connectivity index (χ3v) is 5.17. The third-order valence-electron chi connectivity index (χ3n) is 4.14. The average Bonchev–Trinajstić information content (AvgIpc) is 3.02. The summed E-state index contributed by atoms with van der Waals surface area (Å²) >= 11 is 9.32. The standard InChI is InChI=1S/C21H21BrClN3O2/c1-15-20(22)13-26(25-15)11-3-10-24-21(27)17-5-2-4-16(12-17)14-28-19-8-6-18(23)7-9-19/h2,4-9,12-13H,3,10-11,14H2,1H3,(H,24,27). The molecule has 0 saturated heterocycles. The minimum atomic E-state index is -0.0915. The Morgan fingerprint density at radius 1 is 1.25 bits per heavy atom. The van der Waals surface area contributed by atoms with Gasteiger partial charge in [0.25, 0.3) is 5.91 Å². The average molecular weight is 463 g/mol. The highest BCUT2D eigenvalue weighted by Gasteiger charge is 2.07. The predicted octanol–water partition coefficient (Wildman–Crippen LogP) is 5.01. The predicted molar refractivity (Wildman–Crippen MR) is 114 cm³/mol. The van der Waals surface area contributed by atoms with E-state index in [1.54, 1.807) is 18.2 Å². The Bertz CT molecular complexity index is 922. The lowest BCUT2D eigenvalue weighted by atomic mass is 10.1. The SMILES string of the molecule is Cc1nn(CCCNC(=O)c2cccc(COc3ccc(Cl)cc3)c2)cc1Br. The number of carbonyl (C=O) groups excluding carboxylic acids is 1. The number of rotatable bonds is 8. The third kappa shape index (κ3) is 5.84. The fourth-order valence-corrected chi connectivity index (χ4v) is 3.09. The van der Waals surface area contributed by atoms with Crippen molar-refractivity contribution in [1.82, 2.24) is 15.1 Å². The van der Waals surface area contributed by atoms with E-state index in [1.165, 1.54) is 0 Å². The lowest BCUT2D eigenvalue weighted by Crippen LogP contribution is -2.25. The van der Waals surface area contributed by atoms with Gasteiger partial charge in [-0.3, -0.25) is 9.48 Å². The van der Waals surface area contributed by atoms with Crippen LogP contribution in [0.1, 0.15) is 28.0 Å². The maximum Gasteiger partial charge on any atom is 0.251 e. The molecular weight excluding hydrogens is 442 g/mol. The van der Waals surface area contributed by atoms with E-state index in [2.05, 4.69) is 26.3 Å². The molecule has 1 amide bonds. The monoisotopic (exact) mass is 461 g/mol. The largest absolute Gasteiger partial charge is 0.489 e. The summed E-state index contributed by atoms with van der Waals surface area (Å²) in [6.07, 6.45) is 2.75. The van der Waals surface area contributed by atoms with E-state index in [1.807, 2.05) is 48.1 Å². The summed E-state index contributed by atoms with van der Waals surface area (Å²) in [6.45, 7) is 3.67. The first-order valence-corrected chi connectivity index (χ1v) is 10.1. The number of aromatic nitrogens is 2. The van der Waals surface area contributed by atoms with Crippen LogP contribution in [0.3, 0.4) is 0 Å². The van der Waals surface area contributed by atoms with E-state index >= 15 is 0 Å². The number of hydrogen-bond donors (Lipinski definition) is 1. The summed E-state index contributed by atoms with van der Waals surface area (Å²) in [4.78, 5) is 12.4. The highest BCUT2D eigenvalue weighted by molar-refractivity contribution is 9.10. The number of nitrogens with one attached hydrogen (secondary N) is 1. The van der Waals surface area contributed by atoms with Crippen molar-refractivity contribution < 1.29 is 9.53 Å². The van der Waals surface area contributed by atoms with E-state index < -0.39 is 0 Å². The molecule has 0 bridgehead atoms. The number of nitrogens with zero attached hydrogens (tertiary/aromatic N) is 2. The zero-order valence-electron chi connectivity index (χ0n) is 15.5. The normalized spacial score (nSPS) is 10.7. The molecule has 7 heteroatoms. The summed E-state index contributed by atoms with van der Waals surface area (Å²) in [6, 6.07) is 14.6. The lowest BCUT2D eigenvalue weighted by Gasteiger charge is -2.09. The number of aryl methyl sites for hydroxylation is 2. The van der Waals surface area contributed by atoms with Crippen molar-refractivity contribution in [3.8, 4) is 5.75 Å². The minimum Gasteiger partial charge on any atom is -0.489 e. The van der Waals surface area contributed by atoms with Gasteiger partial charge in [0.1, 0.15) is 12.4 Å². The molecule has 2 aromatic carbocycles. The van der Waals surface area contributed by atoms with Gasteiger partial charge in [-0.2, -0.15) is 5.10 Å². The van der Waals surface area contributed by atoms with Crippen molar-refractivity contribution in [2.75, 3.05) is 6.54 Å². The second-order valence-corrected chi connectivity index (χ2v) is 7.67. The van der Waals surface area contributed by atoms with Gasteiger partial charge < -0.3 is 10.1 Å². The molecule has 0 aliphatic carbocycles. The fourth-order valence-electron chi connectivity index (χ4n) is 2.65. The molecule has 28 heavy (non-hydrogen) atoms. The number of halogens is 2. The first-order chi connectivity index (χ1) is 13.5. The molecule has 0 aliphatic rings. The second kappa shape index (κ2) is 9.75. The Labute approximate surface area is 177 Å². The molecule has 1 heterocycles. The van der Waals surface area contributed by atoms with Crippen molar-refractivity contribution in [2.24, 2.45) is 0 Å². The Balaban J connectivity index is 1.47. The van der Waals surface area contributed by atoms with Gasteiger partial charge in [-0.25, -0.2) is 0 Å². The van der Waals surface area contributed by atoms with Crippen LogP contribution in [0.25, 0.3) is 0 Å². The number of carbonyl (C=O) groups is 1. The molecule has 0 aliphatic heterocycles. The van der Waals surface area contributed by atoms with Crippen molar-refractivity contribution in [3.05, 3.63) is 81.0 Å². The first-order valence-electron chi connectivity index (χ1n) is 8.96.